The Morgan fingerprint density at radius 2 is 0.541 bits per heavy atom. The Morgan fingerprint density at radius 1 is 0.243 bits per heavy atom. The van der Waals surface area contributed by atoms with Crippen LogP contribution in [0.5, 0.6) is 0 Å². The quantitative estimate of drug-likeness (QED) is 0.227. The zero-order chi connectivity index (χ0) is 53.6. The standard InChI is InChI=1S/C16H30.C14H26.C12H22.2C11H20.C10H18/c1-13-6-8-16(9-7-13)11-14(2,3)10-15(4,5)12-16;1-12-4-6-14(7-5-12)10-8-13(2,3)9-11-14;1-11-5-9-12(10-6-11)7-3-2-4-8-12;1-8-9-4-6-10(7-5-9)11(8,2)3;1-10-4-8-11(9-5-10)6-2-3-7-11;1-7-8(2)10-5-3-9(7)4-6-10/h13H,6-12H2,1-5H3;12H,4-11H2,1-3H3;11H,2-10H2,1H3;8-10H,4-7H2,1-3H3;10H,2-9H2,1H3;7-10H,3-6H2,1-2H3/t;;;8-,9?,10?;;7-,8?,9?,10?/m...1.0/s1. The molecule has 0 aromatic rings. The Kier molecular flexibility index (Phi) is 21.5. The molecule has 3 atom stereocenters. The molecule has 14 rings (SSSR count). The Morgan fingerprint density at radius 3 is 0.838 bits per heavy atom. The van der Waals surface area contributed by atoms with Gasteiger partial charge in [0.05, 0.1) is 0 Å². The van der Waals surface area contributed by atoms with E-state index in [-0.39, 0.29) is 0 Å². The minimum atomic E-state index is 0.572. The molecule has 0 amide bonds. The molecule has 4 bridgehead atoms. The van der Waals surface area contributed by atoms with Crippen LogP contribution in [0, 0.1) is 108 Å². The summed E-state index contributed by atoms with van der Waals surface area (Å²) in [5.74, 6) is 11.4. The van der Waals surface area contributed by atoms with Crippen LogP contribution in [-0.2, 0) is 0 Å². The van der Waals surface area contributed by atoms with E-state index in [0.29, 0.717) is 27.1 Å². The first kappa shape index (κ1) is 61.6. The molecule has 14 aliphatic carbocycles. The smallest absolute Gasteiger partial charge is 0.0287 e. The molecule has 0 aromatic heterocycles. The SMILES string of the molecule is CC1C2CCC(CC2)[C@H]1C.CC1CCC2(CC1)CC(C)(C)CC(C)(C)C2.CC1CCC2(CC1)CCC(C)(C)CC2.CC1CCC2(CCCC2)CC1.CC1CCC2(CCCCC2)CC1.C[C@@H]1C2CCC(CC2)C1(C)C. The van der Waals surface area contributed by atoms with Crippen LogP contribution in [0.3, 0.4) is 0 Å². The molecule has 0 aromatic carbocycles. The summed E-state index contributed by atoms with van der Waals surface area (Å²) in [6, 6.07) is 0. The predicted octanol–water partition coefficient (Wildman–Crippen LogP) is 24.7. The second-order valence-corrected chi connectivity index (χ2v) is 35.1. The first-order valence-corrected chi connectivity index (χ1v) is 34.8. The van der Waals surface area contributed by atoms with E-state index in [2.05, 4.69) is 104 Å². The highest BCUT2D eigenvalue weighted by atomic mass is 14.5. The van der Waals surface area contributed by atoms with Crippen molar-refractivity contribution >= 4 is 0 Å². The van der Waals surface area contributed by atoms with Crippen LogP contribution < -0.4 is 0 Å². The summed E-state index contributed by atoms with van der Waals surface area (Å²) in [5.41, 5.74) is 5.64. The third kappa shape index (κ3) is 16.8. The van der Waals surface area contributed by atoms with Crippen molar-refractivity contribution in [2.24, 2.45) is 108 Å². The predicted molar refractivity (Wildman–Crippen MR) is 328 cm³/mol. The Labute approximate surface area is 466 Å². The van der Waals surface area contributed by atoms with Crippen molar-refractivity contribution in [3.05, 3.63) is 0 Å². The molecule has 14 saturated carbocycles. The summed E-state index contributed by atoms with van der Waals surface area (Å²) in [6.07, 6.45) is 60.7. The first-order chi connectivity index (χ1) is 34.8. The van der Waals surface area contributed by atoms with Crippen molar-refractivity contribution < 1.29 is 0 Å². The van der Waals surface area contributed by atoms with Crippen molar-refractivity contribution in [3.63, 3.8) is 0 Å². The lowest BCUT2D eigenvalue weighted by Gasteiger charge is -2.54. The topological polar surface area (TPSA) is 0 Å². The molecule has 4 spiro atoms. The molecule has 0 heterocycles. The maximum Gasteiger partial charge on any atom is -0.0287 e. The van der Waals surface area contributed by atoms with E-state index in [0.717, 1.165) is 81.3 Å². The van der Waals surface area contributed by atoms with E-state index in [9.17, 15) is 0 Å². The van der Waals surface area contributed by atoms with E-state index in [1.807, 2.05) is 0 Å². The molecule has 1 unspecified atom stereocenters. The summed E-state index contributed by atoms with van der Waals surface area (Å²) in [6.45, 7) is 36.9. The molecule has 14 fully saturated rings. The molecule has 0 heteroatoms. The van der Waals surface area contributed by atoms with Crippen LogP contribution in [0.25, 0.3) is 0 Å². The van der Waals surface area contributed by atoms with Gasteiger partial charge in [0.2, 0.25) is 0 Å². The highest BCUT2D eigenvalue weighted by Gasteiger charge is 2.49. The van der Waals surface area contributed by atoms with Gasteiger partial charge in [0.15, 0.2) is 0 Å². The minimum absolute atomic E-state index is 0.572. The van der Waals surface area contributed by atoms with Gasteiger partial charge in [-0.15, -0.1) is 0 Å². The van der Waals surface area contributed by atoms with Crippen LogP contribution in [0.15, 0.2) is 0 Å². The fourth-order valence-electron chi connectivity index (χ4n) is 21.1. The second-order valence-electron chi connectivity index (χ2n) is 35.1. The lowest BCUT2D eigenvalue weighted by molar-refractivity contribution is -0.0322. The third-order valence-corrected chi connectivity index (χ3v) is 27.1. The maximum absolute atomic E-state index is 2.49. The van der Waals surface area contributed by atoms with Crippen LogP contribution in [-0.4, -0.2) is 0 Å². The van der Waals surface area contributed by atoms with Crippen molar-refractivity contribution in [3.8, 4) is 0 Å². The van der Waals surface area contributed by atoms with Crippen LogP contribution >= 0.6 is 0 Å². The van der Waals surface area contributed by atoms with Gasteiger partial charge in [0, 0.05) is 0 Å². The molecule has 74 heavy (non-hydrogen) atoms. The van der Waals surface area contributed by atoms with Gasteiger partial charge >= 0.3 is 0 Å². The van der Waals surface area contributed by atoms with E-state index in [1.54, 1.807) is 51.4 Å². The highest BCUT2D eigenvalue weighted by molar-refractivity contribution is 5.00. The van der Waals surface area contributed by atoms with Crippen molar-refractivity contribution in [1.29, 1.82) is 0 Å². The van der Waals surface area contributed by atoms with Gasteiger partial charge in [-0.1, -0.05) is 187 Å². The zero-order valence-electron chi connectivity index (χ0n) is 53.6. The monoisotopic (exact) mass is 1030 g/mol. The zero-order valence-corrected chi connectivity index (χ0v) is 53.6. The lowest BCUT2D eigenvalue weighted by atomic mass is 9.51. The third-order valence-electron chi connectivity index (χ3n) is 27.1. The van der Waals surface area contributed by atoms with Crippen molar-refractivity contribution in [1.82, 2.24) is 0 Å². The summed E-state index contributed by atoms with van der Waals surface area (Å²) in [5, 5.41) is 0. The fourth-order valence-corrected chi connectivity index (χ4v) is 21.1. The van der Waals surface area contributed by atoms with Crippen LogP contribution in [0.4, 0.5) is 0 Å². The van der Waals surface area contributed by atoms with E-state index < -0.39 is 0 Å². The van der Waals surface area contributed by atoms with Crippen molar-refractivity contribution in [2.75, 3.05) is 0 Å². The fraction of sp³-hybridized carbons (Fsp3) is 1.00. The van der Waals surface area contributed by atoms with E-state index in [4.69, 9.17) is 0 Å². The van der Waals surface area contributed by atoms with Gasteiger partial charge in [0.1, 0.15) is 0 Å². The Bertz CT molecular complexity index is 1530. The summed E-state index contributed by atoms with van der Waals surface area (Å²) in [4.78, 5) is 0. The molecular formula is C74H136. The van der Waals surface area contributed by atoms with Crippen molar-refractivity contribution in [2.45, 2.75) is 361 Å². The minimum Gasteiger partial charge on any atom is -0.0625 e. The maximum atomic E-state index is 2.49. The van der Waals surface area contributed by atoms with Crippen LogP contribution in [0.1, 0.15) is 361 Å². The van der Waals surface area contributed by atoms with E-state index in [1.165, 1.54) is 205 Å². The average Bonchev–Trinajstić information content (AvgIpc) is 3.83. The number of hydrogen-bond acceptors (Lipinski definition) is 0. The van der Waals surface area contributed by atoms with Gasteiger partial charge in [-0.2, -0.15) is 0 Å². The molecule has 0 saturated heterocycles. The molecule has 0 nitrogen and oxygen atoms in total. The van der Waals surface area contributed by atoms with E-state index >= 15 is 0 Å². The summed E-state index contributed by atoms with van der Waals surface area (Å²) < 4.78 is 0. The van der Waals surface area contributed by atoms with Gasteiger partial charge < -0.3 is 0 Å². The van der Waals surface area contributed by atoms with Gasteiger partial charge in [0.25, 0.3) is 0 Å². The molecule has 0 radical (unpaired) electrons. The molecule has 432 valence electrons. The second kappa shape index (κ2) is 25.8. The number of rotatable bonds is 0. The summed E-state index contributed by atoms with van der Waals surface area (Å²) >= 11 is 0. The van der Waals surface area contributed by atoms with Gasteiger partial charge in [-0.05, 0) is 282 Å². The largest absolute Gasteiger partial charge is 0.0625 e. The highest BCUT2D eigenvalue weighted by Crippen LogP contribution is 2.61. The Balaban J connectivity index is 0.000000131. The lowest BCUT2D eigenvalue weighted by Crippen LogP contribution is -2.44. The van der Waals surface area contributed by atoms with Gasteiger partial charge in [-0.25, -0.2) is 0 Å². The molecular weight excluding hydrogens is 889 g/mol. The van der Waals surface area contributed by atoms with Gasteiger partial charge in [-0.3, -0.25) is 0 Å². The average molecular weight is 1030 g/mol. The molecule has 0 aliphatic heterocycles. The first-order valence-electron chi connectivity index (χ1n) is 34.8. The van der Waals surface area contributed by atoms with Crippen LogP contribution in [0.2, 0.25) is 0 Å². The number of hydrogen-bond donors (Lipinski definition) is 0. The molecule has 14 aliphatic rings. The Hall–Kier alpha value is 0. The summed E-state index contributed by atoms with van der Waals surface area (Å²) in [7, 11) is 0. The normalized spacial score (nSPS) is 37.8. The molecule has 0 N–H and O–H groups in total. The number of fused-ring (bicyclic) bond motifs is 6.